The number of nitrogens with one attached hydrogen (secondary N) is 2. The lowest BCUT2D eigenvalue weighted by Crippen LogP contribution is -2.28. The second-order valence-electron chi connectivity index (χ2n) is 7.82. The molecule has 0 radical (unpaired) electrons. The molecule has 0 aromatic heterocycles. The lowest BCUT2D eigenvalue weighted by molar-refractivity contribution is 0.0594. The van der Waals surface area contributed by atoms with Gasteiger partial charge in [0.1, 0.15) is 17.4 Å². The summed E-state index contributed by atoms with van der Waals surface area (Å²) in [6.07, 6.45) is -0.436. The largest absolute Gasteiger partial charge is 0.480 e. The molecule has 4 aromatic carbocycles. The molecule has 0 bridgehead atoms. The molecule has 2 N–H and O–H groups in total. The Morgan fingerprint density at radius 3 is 1.91 bits per heavy atom. The van der Waals surface area contributed by atoms with Crippen molar-refractivity contribution >= 4 is 17.7 Å². The van der Waals surface area contributed by atoms with E-state index >= 15 is 0 Å². The third-order valence-corrected chi connectivity index (χ3v) is 5.39. The van der Waals surface area contributed by atoms with Crippen LogP contribution in [-0.2, 0) is 11.3 Å². The van der Waals surface area contributed by atoms with Crippen LogP contribution in [0.1, 0.15) is 33.2 Å². The fraction of sp³-hybridized carbons (Fsp3) is 0.103. The van der Waals surface area contributed by atoms with Crippen LogP contribution in [0.3, 0.4) is 0 Å². The quantitative estimate of drug-likeness (QED) is 0.314. The molecule has 0 atom stereocenters. The van der Waals surface area contributed by atoms with Gasteiger partial charge in [-0.1, -0.05) is 91.0 Å². The third kappa shape index (κ3) is 6.26. The van der Waals surface area contributed by atoms with Gasteiger partial charge in [0.25, 0.3) is 0 Å². The maximum Gasteiger partial charge on any atom is 0.341 e. The van der Waals surface area contributed by atoms with Crippen LogP contribution in [0.25, 0.3) is 0 Å². The Balaban J connectivity index is 1.56. The zero-order valence-electron chi connectivity index (χ0n) is 19.3. The second kappa shape index (κ2) is 11.5. The molecule has 0 spiro atoms. The minimum absolute atomic E-state index is 0.213. The van der Waals surface area contributed by atoms with Crippen LogP contribution in [0.15, 0.2) is 109 Å². The van der Waals surface area contributed by atoms with E-state index in [4.69, 9.17) is 9.47 Å². The minimum Gasteiger partial charge on any atom is -0.480 e. The first-order chi connectivity index (χ1) is 17.1. The summed E-state index contributed by atoms with van der Waals surface area (Å²) in [5.74, 6) is -0.210. The molecule has 35 heavy (non-hydrogen) atoms. The summed E-state index contributed by atoms with van der Waals surface area (Å²) in [5.41, 5.74) is 3.52. The highest BCUT2D eigenvalue weighted by atomic mass is 16.5. The van der Waals surface area contributed by atoms with Crippen LogP contribution in [0.5, 0.6) is 5.75 Å². The first-order valence-electron chi connectivity index (χ1n) is 11.2. The van der Waals surface area contributed by atoms with Crippen LogP contribution in [0, 0.1) is 0 Å². The smallest absolute Gasteiger partial charge is 0.341 e. The van der Waals surface area contributed by atoms with Gasteiger partial charge >= 0.3 is 12.0 Å². The van der Waals surface area contributed by atoms with Gasteiger partial charge < -0.3 is 20.1 Å². The Morgan fingerprint density at radius 2 is 1.34 bits per heavy atom. The normalized spacial score (nSPS) is 10.5. The van der Waals surface area contributed by atoms with Crippen molar-refractivity contribution in [2.75, 3.05) is 12.4 Å². The van der Waals surface area contributed by atoms with Gasteiger partial charge in [-0.25, -0.2) is 9.59 Å². The number of methoxy groups -OCH3 is 1. The van der Waals surface area contributed by atoms with Gasteiger partial charge in [-0.3, -0.25) is 0 Å². The molecular weight excluding hydrogens is 440 g/mol. The van der Waals surface area contributed by atoms with Crippen molar-refractivity contribution in [2.45, 2.75) is 12.6 Å². The van der Waals surface area contributed by atoms with E-state index in [1.54, 1.807) is 18.2 Å². The summed E-state index contributed by atoms with van der Waals surface area (Å²) < 4.78 is 11.4. The maximum atomic E-state index is 12.6. The molecule has 0 unspecified atom stereocenters. The maximum absolute atomic E-state index is 12.6. The Kier molecular flexibility index (Phi) is 7.76. The first-order valence-corrected chi connectivity index (χ1v) is 11.2. The number of urea groups is 1. The first kappa shape index (κ1) is 23.6. The van der Waals surface area contributed by atoms with E-state index < -0.39 is 12.1 Å². The fourth-order valence-electron chi connectivity index (χ4n) is 3.64. The number of hydrogen-bond acceptors (Lipinski definition) is 4. The number of benzene rings is 4. The number of ether oxygens (including phenoxy) is 2. The highest BCUT2D eigenvalue weighted by Gasteiger charge is 2.21. The molecule has 0 aliphatic rings. The molecule has 6 nitrogen and oxygen atoms in total. The van der Waals surface area contributed by atoms with Gasteiger partial charge in [0.2, 0.25) is 0 Å². The Hall–Kier alpha value is -4.58. The van der Waals surface area contributed by atoms with Crippen molar-refractivity contribution in [1.82, 2.24) is 5.32 Å². The van der Waals surface area contributed by atoms with Crippen molar-refractivity contribution in [1.29, 1.82) is 0 Å². The van der Waals surface area contributed by atoms with Crippen LogP contribution in [0.2, 0.25) is 0 Å². The number of amides is 2. The summed E-state index contributed by atoms with van der Waals surface area (Å²) in [5, 5.41) is 5.56. The summed E-state index contributed by atoms with van der Waals surface area (Å²) >= 11 is 0. The van der Waals surface area contributed by atoms with Crippen LogP contribution >= 0.6 is 0 Å². The van der Waals surface area contributed by atoms with Crippen molar-refractivity contribution in [3.63, 3.8) is 0 Å². The van der Waals surface area contributed by atoms with Gasteiger partial charge in [-0.05, 0) is 34.9 Å². The summed E-state index contributed by atoms with van der Waals surface area (Å²) in [6, 6.07) is 33.7. The summed E-state index contributed by atoms with van der Waals surface area (Å²) in [6.45, 7) is 0.382. The molecule has 4 aromatic rings. The fourth-order valence-corrected chi connectivity index (χ4v) is 3.64. The van der Waals surface area contributed by atoms with E-state index in [9.17, 15) is 9.59 Å². The second-order valence-corrected chi connectivity index (χ2v) is 7.82. The SMILES string of the molecule is COC(=O)c1cc(NC(=O)NCc2ccccc2)ccc1OC(c1ccccc1)c1ccccc1. The van der Waals surface area contributed by atoms with E-state index in [0.717, 1.165) is 16.7 Å². The number of carbonyl (C=O) groups excluding carboxylic acids is 2. The Morgan fingerprint density at radius 1 is 0.771 bits per heavy atom. The molecule has 0 aliphatic carbocycles. The lowest BCUT2D eigenvalue weighted by atomic mass is 10.0. The molecule has 6 heteroatoms. The predicted octanol–water partition coefficient (Wildman–Crippen LogP) is 5.96. The van der Waals surface area contributed by atoms with Crippen LogP contribution in [0.4, 0.5) is 10.5 Å². The lowest BCUT2D eigenvalue weighted by Gasteiger charge is -2.22. The number of carbonyl (C=O) groups is 2. The molecule has 0 heterocycles. The molecule has 0 aliphatic heterocycles. The van der Waals surface area contributed by atoms with Gasteiger partial charge in [0.15, 0.2) is 0 Å². The molecule has 176 valence electrons. The van der Waals surface area contributed by atoms with E-state index in [1.165, 1.54) is 7.11 Å². The van der Waals surface area contributed by atoms with Gasteiger partial charge in [-0.15, -0.1) is 0 Å². The summed E-state index contributed by atoms with van der Waals surface area (Å²) in [7, 11) is 1.31. The summed E-state index contributed by atoms with van der Waals surface area (Å²) in [4.78, 5) is 25.0. The molecule has 0 saturated carbocycles. The van der Waals surface area contributed by atoms with E-state index in [0.29, 0.717) is 18.0 Å². The van der Waals surface area contributed by atoms with E-state index in [-0.39, 0.29) is 11.6 Å². The van der Waals surface area contributed by atoms with E-state index in [2.05, 4.69) is 10.6 Å². The minimum atomic E-state index is -0.562. The monoisotopic (exact) mass is 466 g/mol. The standard InChI is InChI=1S/C29H26N2O4/c1-34-28(32)25-19-24(31-29(33)30-20-21-11-5-2-6-12-21)17-18-26(25)35-27(22-13-7-3-8-14-22)23-15-9-4-10-16-23/h2-19,27H,20H2,1H3,(H2,30,31,33). The molecule has 2 amide bonds. The Labute approximate surface area is 204 Å². The highest BCUT2D eigenvalue weighted by Crippen LogP contribution is 2.32. The number of anilines is 1. The van der Waals surface area contributed by atoms with Gasteiger partial charge in [-0.2, -0.15) is 0 Å². The van der Waals surface area contributed by atoms with Crippen molar-refractivity contribution < 1.29 is 19.1 Å². The Bertz CT molecular complexity index is 1220. The zero-order chi connectivity index (χ0) is 24.5. The molecule has 0 saturated heterocycles. The van der Waals surface area contributed by atoms with E-state index in [1.807, 2.05) is 91.0 Å². The van der Waals surface area contributed by atoms with Gasteiger partial charge in [0.05, 0.1) is 7.11 Å². The average molecular weight is 467 g/mol. The average Bonchev–Trinajstić information content (AvgIpc) is 2.92. The predicted molar refractivity (Wildman–Crippen MR) is 135 cm³/mol. The zero-order valence-corrected chi connectivity index (χ0v) is 19.3. The van der Waals surface area contributed by atoms with Gasteiger partial charge in [0, 0.05) is 12.2 Å². The van der Waals surface area contributed by atoms with Crippen LogP contribution < -0.4 is 15.4 Å². The highest BCUT2D eigenvalue weighted by molar-refractivity contribution is 5.96. The topological polar surface area (TPSA) is 76.7 Å². The van der Waals surface area contributed by atoms with Crippen molar-refractivity contribution in [3.8, 4) is 5.75 Å². The third-order valence-electron chi connectivity index (χ3n) is 5.39. The molecule has 0 fully saturated rings. The number of hydrogen-bond donors (Lipinski definition) is 2. The number of rotatable bonds is 8. The molecule has 4 rings (SSSR count). The molecular formula is C29H26N2O4. The van der Waals surface area contributed by atoms with Crippen LogP contribution in [-0.4, -0.2) is 19.1 Å². The number of esters is 1. The van der Waals surface area contributed by atoms with Crippen molar-refractivity contribution in [3.05, 3.63) is 131 Å². The van der Waals surface area contributed by atoms with Crippen molar-refractivity contribution in [2.24, 2.45) is 0 Å².